The third kappa shape index (κ3) is 27.4. The van der Waals surface area contributed by atoms with E-state index in [1.54, 1.807) is 0 Å². The molecule has 2 aliphatic heterocycles. The molecule has 0 aromatic carbocycles. The summed E-state index contributed by atoms with van der Waals surface area (Å²) in [6.45, 7) is 3.63. The van der Waals surface area contributed by atoms with E-state index in [0.717, 1.165) is 70.6 Å². The fourth-order valence-corrected chi connectivity index (χ4v) is 8.07. The minimum atomic E-state index is -1.71. The van der Waals surface area contributed by atoms with E-state index < -0.39 is 80.7 Å². The van der Waals surface area contributed by atoms with Crippen LogP contribution in [0.3, 0.4) is 0 Å². The predicted molar refractivity (Wildman–Crippen MR) is 256 cm³/mol. The van der Waals surface area contributed by atoms with E-state index in [-0.39, 0.29) is 25.6 Å². The van der Waals surface area contributed by atoms with Crippen molar-refractivity contribution in [3.8, 4) is 0 Å². The van der Waals surface area contributed by atoms with E-state index in [1.807, 2.05) is 0 Å². The van der Waals surface area contributed by atoms with Crippen LogP contribution in [0.5, 0.6) is 0 Å². The standard InChI is InChI=1S/C52H94O14/c1-3-5-7-9-11-13-15-17-19-20-21-22-24-26-28-30-32-34-36-61-38-41(64-44(54)35-33-31-29-27-25-23-18-16-14-12-10-8-6-4-2)39-62-51-50(60)48(58)46(56)43(66-51)40-63-52-49(59)47(57)45(55)42(37-53)65-52/h11,13,16-19,41-43,45-53,55-60H,3-10,12,14-15,20-40H2,1-2H3/b13-11-,18-16-,19-17-. The molecule has 0 amide bonds. The molecule has 0 spiro atoms. The van der Waals surface area contributed by atoms with E-state index in [2.05, 4.69) is 50.3 Å². The number of ether oxygens (including phenoxy) is 6. The van der Waals surface area contributed by atoms with Crippen molar-refractivity contribution in [2.24, 2.45) is 0 Å². The van der Waals surface area contributed by atoms with Crippen LogP contribution in [0.2, 0.25) is 0 Å². The van der Waals surface area contributed by atoms with Crippen LogP contribution >= 0.6 is 0 Å². The van der Waals surface area contributed by atoms with Crippen molar-refractivity contribution in [1.82, 2.24) is 0 Å². The number of unbranched alkanes of at least 4 members (excludes halogenated alkanes) is 21. The number of carbonyl (C=O) groups excluding carboxylic acids is 1. The monoisotopic (exact) mass is 943 g/mol. The Bertz CT molecular complexity index is 1230. The molecule has 66 heavy (non-hydrogen) atoms. The second-order valence-corrected chi connectivity index (χ2v) is 18.3. The molecular formula is C52H94O14. The molecule has 0 saturated carbocycles. The van der Waals surface area contributed by atoms with E-state index in [9.17, 15) is 40.5 Å². The Morgan fingerprint density at radius 2 is 0.939 bits per heavy atom. The van der Waals surface area contributed by atoms with Gasteiger partial charge in [-0.05, 0) is 70.6 Å². The molecule has 0 aromatic heterocycles. The Morgan fingerprint density at radius 1 is 0.500 bits per heavy atom. The van der Waals surface area contributed by atoms with Gasteiger partial charge in [0.15, 0.2) is 12.6 Å². The highest BCUT2D eigenvalue weighted by atomic mass is 16.7. The van der Waals surface area contributed by atoms with Crippen LogP contribution in [0, 0.1) is 0 Å². The van der Waals surface area contributed by atoms with Gasteiger partial charge in [0.05, 0.1) is 26.4 Å². The minimum Gasteiger partial charge on any atom is -0.457 e. The topological polar surface area (TPSA) is 214 Å². The Hall–Kier alpha value is -1.79. The van der Waals surface area contributed by atoms with Gasteiger partial charge < -0.3 is 64.2 Å². The third-order valence-corrected chi connectivity index (χ3v) is 12.4. The van der Waals surface area contributed by atoms with Crippen molar-refractivity contribution in [2.75, 3.05) is 33.0 Å². The van der Waals surface area contributed by atoms with Crippen LogP contribution < -0.4 is 0 Å². The van der Waals surface area contributed by atoms with Gasteiger partial charge >= 0.3 is 5.97 Å². The minimum absolute atomic E-state index is 0.0549. The van der Waals surface area contributed by atoms with Crippen LogP contribution in [-0.4, -0.2) is 142 Å². The highest BCUT2D eigenvalue weighted by molar-refractivity contribution is 5.69. The Kier molecular flexibility index (Phi) is 36.6. The molecule has 0 bridgehead atoms. The van der Waals surface area contributed by atoms with Gasteiger partial charge in [-0.15, -0.1) is 0 Å². The summed E-state index contributed by atoms with van der Waals surface area (Å²) < 4.78 is 34.3. The zero-order valence-corrected chi connectivity index (χ0v) is 40.9. The summed E-state index contributed by atoms with van der Waals surface area (Å²) in [6, 6.07) is 0. The van der Waals surface area contributed by atoms with Crippen LogP contribution in [0.4, 0.5) is 0 Å². The Morgan fingerprint density at radius 3 is 1.50 bits per heavy atom. The molecule has 11 unspecified atom stereocenters. The van der Waals surface area contributed by atoms with Gasteiger partial charge in [0, 0.05) is 13.0 Å². The van der Waals surface area contributed by atoms with Crippen LogP contribution in [-0.2, 0) is 33.2 Å². The SMILES string of the molecule is CCCCC/C=C\C/C=C\CCCCCCCCCCOCC(COC1OC(COC2OC(CO)C(O)C(O)C2O)C(O)C(O)C1O)OC(=O)CCCCCCC/C=C\CCCCCCC. The van der Waals surface area contributed by atoms with Gasteiger partial charge in [-0.3, -0.25) is 4.79 Å². The van der Waals surface area contributed by atoms with E-state index in [1.165, 1.54) is 89.9 Å². The summed E-state index contributed by atoms with van der Waals surface area (Å²) in [4.78, 5) is 13.0. The number of hydrogen-bond donors (Lipinski definition) is 7. The highest BCUT2D eigenvalue weighted by Crippen LogP contribution is 2.26. The van der Waals surface area contributed by atoms with E-state index >= 15 is 0 Å². The second kappa shape index (κ2) is 40.0. The lowest BCUT2D eigenvalue weighted by Crippen LogP contribution is -2.61. The molecule has 386 valence electrons. The molecule has 0 aromatic rings. The van der Waals surface area contributed by atoms with Crippen molar-refractivity contribution in [3.05, 3.63) is 36.5 Å². The van der Waals surface area contributed by atoms with Crippen molar-refractivity contribution in [3.63, 3.8) is 0 Å². The quantitative estimate of drug-likeness (QED) is 0.0177. The normalized spacial score (nSPS) is 26.6. The first-order valence-corrected chi connectivity index (χ1v) is 26.1. The summed E-state index contributed by atoms with van der Waals surface area (Å²) >= 11 is 0. The lowest BCUT2D eigenvalue weighted by molar-refractivity contribution is -0.332. The summed E-state index contributed by atoms with van der Waals surface area (Å²) in [5.41, 5.74) is 0. The van der Waals surface area contributed by atoms with Crippen molar-refractivity contribution in [2.45, 2.75) is 255 Å². The average molecular weight is 943 g/mol. The zero-order valence-electron chi connectivity index (χ0n) is 40.9. The highest BCUT2D eigenvalue weighted by Gasteiger charge is 2.47. The molecule has 14 nitrogen and oxygen atoms in total. The fraction of sp³-hybridized carbons (Fsp3) is 0.865. The first-order valence-electron chi connectivity index (χ1n) is 26.1. The van der Waals surface area contributed by atoms with Crippen LogP contribution in [0.25, 0.3) is 0 Å². The second-order valence-electron chi connectivity index (χ2n) is 18.3. The van der Waals surface area contributed by atoms with E-state index in [4.69, 9.17) is 28.4 Å². The maximum atomic E-state index is 13.0. The first kappa shape index (κ1) is 60.3. The lowest BCUT2D eigenvalue weighted by Gasteiger charge is -2.42. The lowest BCUT2D eigenvalue weighted by atomic mass is 9.98. The van der Waals surface area contributed by atoms with Gasteiger partial charge in [-0.2, -0.15) is 0 Å². The fourth-order valence-electron chi connectivity index (χ4n) is 8.07. The molecule has 11 atom stereocenters. The zero-order chi connectivity index (χ0) is 48.0. The molecule has 0 aliphatic carbocycles. The average Bonchev–Trinajstić information content (AvgIpc) is 3.31. The molecular weight excluding hydrogens is 849 g/mol. The summed E-state index contributed by atoms with van der Waals surface area (Å²) in [6.07, 6.45) is 27.7. The number of rotatable bonds is 41. The number of carbonyl (C=O) groups is 1. The Labute approximate surface area is 398 Å². The van der Waals surface area contributed by atoms with E-state index in [0.29, 0.717) is 13.0 Å². The summed E-state index contributed by atoms with van der Waals surface area (Å²) in [5, 5.41) is 72.1. The first-order chi connectivity index (χ1) is 32.1. The molecule has 7 N–H and O–H groups in total. The molecule has 2 aliphatic rings. The van der Waals surface area contributed by atoms with Crippen molar-refractivity contribution < 1.29 is 69.0 Å². The summed E-state index contributed by atoms with van der Waals surface area (Å²) in [7, 11) is 0. The van der Waals surface area contributed by atoms with Gasteiger partial charge in [-0.25, -0.2) is 0 Å². The molecule has 2 heterocycles. The Balaban J connectivity index is 1.77. The van der Waals surface area contributed by atoms with Gasteiger partial charge in [0.25, 0.3) is 0 Å². The maximum Gasteiger partial charge on any atom is 0.306 e. The largest absolute Gasteiger partial charge is 0.457 e. The van der Waals surface area contributed by atoms with Crippen molar-refractivity contribution >= 4 is 5.97 Å². The third-order valence-electron chi connectivity index (χ3n) is 12.4. The van der Waals surface area contributed by atoms with Gasteiger partial charge in [-0.1, -0.05) is 147 Å². The molecule has 2 saturated heterocycles. The number of aliphatic hydroxyl groups excluding tert-OH is 7. The van der Waals surface area contributed by atoms with Crippen LogP contribution in [0.15, 0.2) is 36.5 Å². The number of hydrogen-bond acceptors (Lipinski definition) is 14. The summed E-state index contributed by atoms with van der Waals surface area (Å²) in [5.74, 6) is -0.387. The molecule has 14 heteroatoms. The number of allylic oxidation sites excluding steroid dienone is 6. The van der Waals surface area contributed by atoms with Gasteiger partial charge in [0.1, 0.15) is 54.9 Å². The molecule has 2 fully saturated rings. The smallest absolute Gasteiger partial charge is 0.306 e. The molecule has 0 radical (unpaired) electrons. The number of aliphatic hydroxyl groups is 7. The predicted octanol–water partition coefficient (Wildman–Crippen LogP) is 7.80. The molecule has 2 rings (SSSR count). The van der Waals surface area contributed by atoms with Gasteiger partial charge in [0.2, 0.25) is 0 Å². The maximum absolute atomic E-state index is 13.0. The number of esters is 1. The van der Waals surface area contributed by atoms with Crippen LogP contribution in [0.1, 0.15) is 187 Å². The van der Waals surface area contributed by atoms with Crippen molar-refractivity contribution in [1.29, 1.82) is 0 Å².